The first-order chi connectivity index (χ1) is 13.1. The Kier molecular flexibility index (Phi) is 5.79. The van der Waals surface area contributed by atoms with Gasteiger partial charge in [0.1, 0.15) is 0 Å². The van der Waals surface area contributed by atoms with Crippen molar-refractivity contribution in [3.05, 3.63) is 77.5 Å². The second kappa shape index (κ2) is 8.62. The standard InChI is InChI=1S/C21H20N4O2/c1-15-18(17-9-5-6-10-19(17)24-15)13-23-25-21(27)14-22-20(26)12-11-16-7-3-2-4-8-16/h2-13,24H,14H2,1H3,(H,22,26)(H,25,27). The van der Waals surface area contributed by atoms with Gasteiger partial charge in [0, 0.05) is 28.2 Å². The summed E-state index contributed by atoms with van der Waals surface area (Å²) in [5, 5.41) is 7.54. The minimum absolute atomic E-state index is 0.151. The van der Waals surface area contributed by atoms with Crippen LogP contribution < -0.4 is 10.7 Å². The van der Waals surface area contributed by atoms with Gasteiger partial charge in [-0.05, 0) is 24.6 Å². The highest BCUT2D eigenvalue weighted by Gasteiger charge is 2.06. The fraction of sp³-hybridized carbons (Fsp3) is 0.0952. The van der Waals surface area contributed by atoms with Crippen LogP contribution in [0.15, 0.2) is 65.8 Å². The highest BCUT2D eigenvalue weighted by Crippen LogP contribution is 2.19. The second-order valence-electron chi connectivity index (χ2n) is 5.96. The molecule has 2 amide bonds. The molecule has 0 unspecified atom stereocenters. The first-order valence-electron chi connectivity index (χ1n) is 8.53. The van der Waals surface area contributed by atoms with Crippen LogP contribution in [-0.4, -0.2) is 29.6 Å². The van der Waals surface area contributed by atoms with E-state index in [1.54, 1.807) is 12.3 Å². The maximum Gasteiger partial charge on any atom is 0.259 e. The quantitative estimate of drug-likeness (QED) is 0.359. The maximum atomic E-state index is 11.8. The molecule has 0 saturated heterocycles. The number of aryl methyl sites for hydroxylation is 1. The number of hydrazone groups is 1. The monoisotopic (exact) mass is 360 g/mol. The first kappa shape index (κ1) is 18.1. The third kappa shape index (κ3) is 4.92. The van der Waals surface area contributed by atoms with Gasteiger partial charge in [-0.2, -0.15) is 5.10 Å². The van der Waals surface area contributed by atoms with Crippen LogP contribution in [0.2, 0.25) is 0 Å². The predicted octanol–water partition coefficient (Wildman–Crippen LogP) is 2.76. The average molecular weight is 360 g/mol. The molecule has 6 nitrogen and oxygen atoms in total. The number of rotatable bonds is 6. The van der Waals surface area contributed by atoms with Crippen LogP contribution in [0.3, 0.4) is 0 Å². The molecular formula is C21H20N4O2. The van der Waals surface area contributed by atoms with E-state index in [1.165, 1.54) is 6.08 Å². The van der Waals surface area contributed by atoms with E-state index in [9.17, 15) is 9.59 Å². The molecule has 1 heterocycles. The predicted molar refractivity (Wildman–Crippen MR) is 107 cm³/mol. The number of para-hydroxylation sites is 1. The summed E-state index contributed by atoms with van der Waals surface area (Å²) >= 11 is 0. The van der Waals surface area contributed by atoms with Crippen LogP contribution in [-0.2, 0) is 9.59 Å². The molecule has 0 aliphatic rings. The smallest absolute Gasteiger partial charge is 0.259 e. The maximum absolute atomic E-state index is 11.8. The topological polar surface area (TPSA) is 86.3 Å². The van der Waals surface area contributed by atoms with Crippen molar-refractivity contribution in [2.24, 2.45) is 5.10 Å². The summed E-state index contributed by atoms with van der Waals surface area (Å²) in [6.45, 7) is 1.80. The number of nitrogens with one attached hydrogen (secondary N) is 3. The molecule has 0 bridgehead atoms. The fourth-order valence-electron chi connectivity index (χ4n) is 2.64. The van der Waals surface area contributed by atoms with Gasteiger partial charge in [-0.15, -0.1) is 0 Å². The Balaban J connectivity index is 1.49. The van der Waals surface area contributed by atoms with Crippen LogP contribution in [0.5, 0.6) is 0 Å². The Morgan fingerprint density at radius 3 is 2.63 bits per heavy atom. The molecule has 3 N–H and O–H groups in total. The SMILES string of the molecule is Cc1[nH]c2ccccc2c1C=NNC(=O)CNC(=O)C=Cc1ccccc1. The molecule has 0 atom stereocenters. The molecule has 2 aromatic carbocycles. The van der Waals surface area contributed by atoms with Crippen molar-refractivity contribution >= 4 is 35.0 Å². The van der Waals surface area contributed by atoms with Gasteiger partial charge in [0.2, 0.25) is 5.91 Å². The lowest BCUT2D eigenvalue weighted by Crippen LogP contribution is -2.34. The van der Waals surface area contributed by atoms with E-state index < -0.39 is 5.91 Å². The lowest BCUT2D eigenvalue weighted by Gasteiger charge is -2.01. The van der Waals surface area contributed by atoms with Gasteiger partial charge in [0.15, 0.2) is 0 Å². The number of H-pyrrole nitrogens is 1. The highest BCUT2D eigenvalue weighted by atomic mass is 16.2. The molecule has 27 heavy (non-hydrogen) atoms. The van der Waals surface area contributed by atoms with Crippen LogP contribution in [0.1, 0.15) is 16.8 Å². The lowest BCUT2D eigenvalue weighted by atomic mass is 10.1. The number of aromatic amines is 1. The number of hydrogen-bond donors (Lipinski definition) is 3. The van der Waals surface area contributed by atoms with Gasteiger partial charge in [-0.1, -0.05) is 48.5 Å². The summed E-state index contributed by atoms with van der Waals surface area (Å²) in [4.78, 5) is 26.8. The molecule has 0 fully saturated rings. The van der Waals surface area contributed by atoms with Gasteiger partial charge in [0.05, 0.1) is 12.8 Å². The Bertz CT molecular complexity index is 1000. The van der Waals surface area contributed by atoms with Crippen molar-refractivity contribution < 1.29 is 9.59 Å². The lowest BCUT2D eigenvalue weighted by molar-refractivity contribution is -0.123. The summed E-state index contributed by atoms with van der Waals surface area (Å²) in [6, 6.07) is 17.3. The molecule has 1 aromatic heterocycles. The molecule has 3 aromatic rings. The highest BCUT2D eigenvalue weighted by molar-refractivity contribution is 6.01. The Morgan fingerprint density at radius 1 is 1.07 bits per heavy atom. The van der Waals surface area contributed by atoms with E-state index in [4.69, 9.17) is 0 Å². The second-order valence-corrected chi connectivity index (χ2v) is 5.96. The van der Waals surface area contributed by atoms with Gasteiger partial charge >= 0.3 is 0 Å². The van der Waals surface area contributed by atoms with Crippen molar-refractivity contribution in [3.8, 4) is 0 Å². The number of aromatic nitrogens is 1. The Labute approximate surface area is 157 Å². The number of nitrogens with zero attached hydrogens (tertiary/aromatic N) is 1. The zero-order valence-corrected chi connectivity index (χ0v) is 14.9. The average Bonchev–Trinajstić information content (AvgIpc) is 3.01. The molecule has 3 rings (SSSR count). The van der Waals surface area contributed by atoms with E-state index in [1.807, 2.05) is 61.5 Å². The third-order valence-corrected chi connectivity index (χ3v) is 3.98. The summed E-state index contributed by atoms with van der Waals surface area (Å²) in [5.74, 6) is -0.740. The Morgan fingerprint density at radius 2 is 1.81 bits per heavy atom. The molecule has 0 aliphatic carbocycles. The molecule has 0 aliphatic heterocycles. The Hall–Kier alpha value is -3.67. The van der Waals surface area contributed by atoms with E-state index in [0.717, 1.165) is 27.7 Å². The molecule has 0 saturated carbocycles. The van der Waals surface area contributed by atoms with Crippen LogP contribution in [0.4, 0.5) is 0 Å². The number of amides is 2. The van der Waals surface area contributed by atoms with Crippen molar-refractivity contribution in [1.82, 2.24) is 15.7 Å². The van der Waals surface area contributed by atoms with E-state index in [2.05, 4.69) is 20.8 Å². The largest absolute Gasteiger partial charge is 0.358 e. The van der Waals surface area contributed by atoms with Crippen LogP contribution in [0.25, 0.3) is 17.0 Å². The van der Waals surface area contributed by atoms with Crippen molar-refractivity contribution in [3.63, 3.8) is 0 Å². The minimum atomic E-state index is -0.398. The van der Waals surface area contributed by atoms with Crippen molar-refractivity contribution in [1.29, 1.82) is 0 Å². The summed E-state index contributed by atoms with van der Waals surface area (Å²) in [5.41, 5.74) is 6.23. The van der Waals surface area contributed by atoms with Crippen LogP contribution in [0, 0.1) is 6.92 Å². The molecule has 0 spiro atoms. The third-order valence-electron chi connectivity index (χ3n) is 3.98. The van der Waals surface area contributed by atoms with E-state index in [0.29, 0.717) is 0 Å². The number of fused-ring (bicyclic) bond motifs is 1. The molecule has 0 radical (unpaired) electrons. The summed E-state index contributed by atoms with van der Waals surface area (Å²) < 4.78 is 0. The van der Waals surface area contributed by atoms with Gasteiger partial charge in [-0.3, -0.25) is 9.59 Å². The normalized spacial score (nSPS) is 11.3. The number of carbonyl (C=O) groups excluding carboxylic acids is 2. The molecular weight excluding hydrogens is 340 g/mol. The summed E-state index contributed by atoms with van der Waals surface area (Å²) in [6.07, 6.45) is 4.68. The minimum Gasteiger partial charge on any atom is -0.358 e. The fourth-order valence-corrected chi connectivity index (χ4v) is 2.64. The zero-order valence-electron chi connectivity index (χ0n) is 14.9. The number of carbonyl (C=O) groups is 2. The summed E-state index contributed by atoms with van der Waals surface area (Å²) in [7, 11) is 0. The van der Waals surface area contributed by atoms with Gasteiger partial charge in [-0.25, -0.2) is 5.43 Å². The van der Waals surface area contributed by atoms with E-state index >= 15 is 0 Å². The van der Waals surface area contributed by atoms with E-state index in [-0.39, 0.29) is 12.5 Å². The van der Waals surface area contributed by atoms with Gasteiger partial charge in [0.25, 0.3) is 5.91 Å². The number of benzene rings is 2. The van der Waals surface area contributed by atoms with Crippen molar-refractivity contribution in [2.75, 3.05) is 6.54 Å². The van der Waals surface area contributed by atoms with Gasteiger partial charge < -0.3 is 10.3 Å². The van der Waals surface area contributed by atoms with Crippen molar-refractivity contribution in [2.45, 2.75) is 6.92 Å². The first-order valence-corrected chi connectivity index (χ1v) is 8.53. The van der Waals surface area contributed by atoms with Crippen LogP contribution >= 0.6 is 0 Å². The molecule has 6 heteroatoms. The number of hydrogen-bond acceptors (Lipinski definition) is 3. The zero-order chi connectivity index (χ0) is 19.1. The molecule has 136 valence electrons.